The Morgan fingerprint density at radius 2 is 2.22 bits per heavy atom. The summed E-state index contributed by atoms with van der Waals surface area (Å²) >= 11 is 0. The number of nitrogens with zero attached hydrogens (tertiary/aromatic N) is 2. The Morgan fingerprint density at radius 1 is 1.43 bits per heavy atom. The summed E-state index contributed by atoms with van der Waals surface area (Å²) in [6, 6.07) is 7.38. The van der Waals surface area contributed by atoms with E-state index in [9.17, 15) is 4.79 Å². The number of nitrogens with one attached hydrogen (secondary N) is 1. The van der Waals surface area contributed by atoms with Crippen molar-refractivity contribution in [1.82, 2.24) is 15.1 Å². The third-order valence-electron chi connectivity index (χ3n) is 4.24. The maximum absolute atomic E-state index is 11.1. The molecule has 1 aromatic heterocycles. The molecule has 1 aliphatic heterocycles. The van der Waals surface area contributed by atoms with Crippen molar-refractivity contribution >= 4 is 5.91 Å². The van der Waals surface area contributed by atoms with Crippen molar-refractivity contribution in [1.29, 1.82) is 0 Å². The molecule has 0 radical (unpaired) electrons. The monoisotopic (exact) mass is 314 g/mol. The third-order valence-corrected chi connectivity index (χ3v) is 4.24. The average molecular weight is 314 g/mol. The van der Waals surface area contributed by atoms with Crippen LogP contribution in [-0.4, -0.2) is 28.8 Å². The second-order valence-corrected chi connectivity index (χ2v) is 5.98. The summed E-state index contributed by atoms with van der Waals surface area (Å²) in [7, 11) is 1.92. The van der Waals surface area contributed by atoms with Crippen LogP contribution in [0.2, 0.25) is 0 Å². The Labute approximate surface area is 135 Å². The van der Waals surface area contributed by atoms with E-state index in [4.69, 9.17) is 10.5 Å². The SMILES string of the molecule is Cn1cc([C@@H]2OCC[C@@H]2CNCc2ccc(C(N)=O)cc2)cn1. The molecule has 1 aliphatic rings. The lowest BCUT2D eigenvalue weighted by molar-refractivity contribution is 0.0904. The quantitative estimate of drug-likeness (QED) is 0.844. The van der Waals surface area contributed by atoms with E-state index in [-0.39, 0.29) is 6.10 Å². The van der Waals surface area contributed by atoms with Crippen LogP contribution < -0.4 is 11.1 Å². The van der Waals surface area contributed by atoms with Gasteiger partial charge in [-0.25, -0.2) is 0 Å². The van der Waals surface area contributed by atoms with E-state index in [0.717, 1.165) is 37.2 Å². The lowest BCUT2D eigenvalue weighted by Gasteiger charge is -2.18. The first kappa shape index (κ1) is 15.7. The van der Waals surface area contributed by atoms with Gasteiger partial charge >= 0.3 is 0 Å². The van der Waals surface area contributed by atoms with E-state index < -0.39 is 5.91 Å². The second kappa shape index (κ2) is 6.93. The fourth-order valence-electron chi connectivity index (χ4n) is 2.99. The largest absolute Gasteiger partial charge is 0.373 e. The first-order valence-electron chi connectivity index (χ1n) is 7.83. The van der Waals surface area contributed by atoms with E-state index in [1.54, 1.807) is 12.1 Å². The summed E-state index contributed by atoms with van der Waals surface area (Å²) in [5.41, 5.74) is 8.05. The normalized spacial score (nSPS) is 20.7. The Balaban J connectivity index is 1.52. The molecular formula is C17H22N4O2. The Hall–Kier alpha value is -2.18. The molecule has 3 N–H and O–H groups in total. The molecule has 2 aromatic rings. The number of primary amides is 1. The van der Waals surface area contributed by atoms with Gasteiger partial charge in [0.2, 0.25) is 5.91 Å². The molecule has 0 aliphatic carbocycles. The molecule has 1 saturated heterocycles. The van der Waals surface area contributed by atoms with Crippen molar-refractivity contribution in [3.05, 3.63) is 53.3 Å². The van der Waals surface area contributed by atoms with Crippen LogP contribution in [0.15, 0.2) is 36.7 Å². The maximum atomic E-state index is 11.1. The van der Waals surface area contributed by atoms with Crippen molar-refractivity contribution in [2.24, 2.45) is 18.7 Å². The summed E-state index contributed by atoms with van der Waals surface area (Å²) in [4.78, 5) is 11.1. The molecule has 1 amide bonds. The average Bonchev–Trinajstić information content (AvgIpc) is 3.16. The van der Waals surface area contributed by atoms with Crippen LogP contribution in [0.5, 0.6) is 0 Å². The van der Waals surface area contributed by atoms with E-state index >= 15 is 0 Å². The number of aromatic nitrogens is 2. The number of carbonyl (C=O) groups is 1. The summed E-state index contributed by atoms with van der Waals surface area (Å²) in [5.74, 6) is 0.0519. The lowest BCUT2D eigenvalue weighted by Crippen LogP contribution is -2.24. The van der Waals surface area contributed by atoms with Gasteiger partial charge in [-0.05, 0) is 24.1 Å². The minimum absolute atomic E-state index is 0.119. The van der Waals surface area contributed by atoms with Gasteiger partial charge < -0.3 is 15.8 Å². The van der Waals surface area contributed by atoms with Crippen molar-refractivity contribution in [3.63, 3.8) is 0 Å². The molecule has 6 heteroatoms. The third kappa shape index (κ3) is 3.78. The number of hydrogen-bond donors (Lipinski definition) is 2. The van der Waals surface area contributed by atoms with E-state index in [2.05, 4.69) is 10.4 Å². The highest BCUT2D eigenvalue weighted by atomic mass is 16.5. The van der Waals surface area contributed by atoms with Gasteiger partial charge in [-0.15, -0.1) is 0 Å². The molecule has 1 aromatic carbocycles. The van der Waals surface area contributed by atoms with Crippen LogP contribution in [0.25, 0.3) is 0 Å². The molecule has 0 bridgehead atoms. The van der Waals surface area contributed by atoms with Gasteiger partial charge in [-0.1, -0.05) is 12.1 Å². The molecule has 122 valence electrons. The number of rotatable bonds is 6. The zero-order valence-corrected chi connectivity index (χ0v) is 13.2. The molecule has 2 atom stereocenters. The minimum atomic E-state index is -0.396. The number of carbonyl (C=O) groups excluding carboxylic acids is 1. The van der Waals surface area contributed by atoms with Crippen molar-refractivity contribution in [2.45, 2.75) is 19.1 Å². The summed E-state index contributed by atoms with van der Waals surface area (Å²) in [5, 5.41) is 7.70. The van der Waals surface area contributed by atoms with Crippen LogP contribution in [0.1, 0.15) is 34.0 Å². The van der Waals surface area contributed by atoms with Crippen LogP contribution >= 0.6 is 0 Å². The predicted octanol–water partition coefficient (Wildman–Crippen LogP) is 1.39. The standard InChI is InChI=1S/C17H22N4O2/c1-21-11-15(10-20-21)16-14(6-7-23-16)9-19-8-12-2-4-13(5-3-12)17(18)22/h2-5,10-11,14,16,19H,6-9H2,1H3,(H2,18,22)/t14-,16-/m1/s1. The molecule has 0 spiro atoms. The highest BCUT2D eigenvalue weighted by Crippen LogP contribution is 2.33. The fraction of sp³-hybridized carbons (Fsp3) is 0.412. The number of ether oxygens (including phenoxy) is 1. The van der Waals surface area contributed by atoms with Crippen molar-refractivity contribution in [3.8, 4) is 0 Å². The summed E-state index contributed by atoms with van der Waals surface area (Å²) in [6.45, 7) is 2.44. The number of nitrogens with two attached hydrogens (primary N) is 1. The predicted molar refractivity (Wildman–Crippen MR) is 86.7 cm³/mol. The highest BCUT2D eigenvalue weighted by Gasteiger charge is 2.30. The molecule has 0 unspecified atom stereocenters. The Bertz CT molecular complexity index is 665. The molecule has 1 fully saturated rings. The van der Waals surface area contributed by atoms with Gasteiger partial charge in [0, 0.05) is 50.0 Å². The van der Waals surface area contributed by atoms with E-state index in [1.165, 1.54) is 0 Å². The molecule has 2 heterocycles. The van der Waals surface area contributed by atoms with Gasteiger partial charge in [0.05, 0.1) is 12.3 Å². The maximum Gasteiger partial charge on any atom is 0.248 e. The van der Waals surface area contributed by atoms with Gasteiger partial charge in [-0.3, -0.25) is 9.48 Å². The molecule has 23 heavy (non-hydrogen) atoms. The first-order valence-corrected chi connectivity index (χ1v) is 7.83. The smallest absolute Gasteiger partial charge is 0.248 e. The van der Waals surface area contributed by atoms with Gasteiger partial charge in [0.15, 0.2) is 0 Å². The highest BCUT2D eigenvalue weighted by molar-refractivity contribution is 5.92. The molecule has 0 saturated carbocycles. The number of aryl methyl sites for hydroxylation is 1. The van der Waals surface area contributed by atoms with Crippen LogP contribution in [0.3, 0.4) is 0 Å². The summed E-state index contributed by atoms with van der Waals surface area (Å²) in [6.07, 6.45) is 5.07. The van der Waals surface area contributed by atoms with Crippen LogP contribution in [0.4, 0.5) is 0 Å². The number of hydrogen-bond acceptors (Lipinski definition) is 4. The van der Waals surface area contributed by atoms with Crippen molar-refractivity contribution in [2.75, 3.05) is 13.2 Å². The lowest BCUT2D eigenvalue weighted by atomic mass is 9.97. The van der Waals surface area contributed by atoms with E-state index in [0.29, 0.717) is 11.5 Å². The molecule has 3 rings (SSSR count). The second-order valence-electron chi connectivity index (χ2n) is 5.98. The first-order chi connectivity index (χ1) is 11.1. The van der Waals surface area contributed by atoms with Crippen LogP contribution in [0, 0.1) is 5.92 Å². The fourth-order valence-corrected chi connectivity index (χ4v) is 2.99. The number of amides is 1. The molecular weight excluding hydrogens is 292 g/mol. The Kier molecular flexibility index (Phi) is 4.73. The zero-order chi connectivity index (χ0) is 16.2. The number of benzene rings is 1. The molecule has 6 nitrogen and oxygen atoms in total. The van der Waals surface area contributed by atoms with Crippen LogP contribution in [-0.2, 0) is 18.3 Å². The van der Waals surface area contributed by atoms with Crippen molar-refractivity contribution < 1.29 is 9.53 Å². The summed E-state index contributed by atoms with van der Waals surface area (Å²) < 4.78 is 7.67. The topological polar surface area (TPSA) is 82.2 Å². The van der Waals surface area contributed by atoms with E-state index in [1.807, 2.05) is 36.3 Å². The minimum Gasteiger partial charge on any atom is -0.373 e. The van der Waals surface area contributed by atoms with Gasteiger partial charge in [0.25, 0.3) is 0 Å². The van der Waals surface area contributed by atoms with Gasteiger partial charge in [-0.2, -0.15) is 5.10 Å². The van der Waals surface area contributed by atoms with Gasteiger partial charge in [0.1, 0.15) is 0 Å². The Morgan fingerprint density at radius 3 is 2.87 bits per heavy atom. The zero-order valence-electron chi connectivity index (χ0n) is 13.2.